The van der Waals surface area contributed by atoms with Gasteiger partial charge in [-0.05, 0) is 36.0 Å². The molecule has 0 radical (unpaired) electrons. The standard InChI is InChI=1S/C20H26N2OS.ClH/c1-24-15-13-19(21)20(23)22-14-12-18(16-8-4-2-5-9-16)17-10-6-3-7-11-17;/h2-11,18-19H,12-15,21H2,1H3,(H,22,23);1H/t19-;/m0./s1. The predicted octanol–water partition coefficient (Wildman–Crippen LogP) is 3.83. The molecule has 0 aliphatic rings. The number of amides is 1. The van der Waals surface area contributed by atoms with Crippen LogP contribution in [-0.2, 0) is 4.79 Å². The van der Waals surface area contributed by atoms with E-state index in [2.05, 4.69) is 53.8 Å². The maximum Gasteiger partial charge on any atom is 0.236 e. The van der Waals surface area contributed by atoms with Crippen molar-refractivity contribution >= 4 is 30.1 Å². The molecular weight excluding hydrogens is 352 g/mol. The molecule has 2 aromatic carbocycles. The van der Waals surface area contributed by atoms with Crippen molar-refractivity contribution < 1.29 is 4.79 Å². The number of hydrogen-bond acceptors (Lipinski definition) is 3. The second-order valence-electron chi connectivity index (χ2n) is 5.84. The first kappa shape index (κ1) is 21.6. The molecule has 0 aromatic heterocycles. The third kappa shape index (κ3) is 7.10. The highest BCUT2D eigenvalue weighted by Crippen LogP contribution is 2.27. The maximum atomic E-state index is 12.1. The topological polar surface area (TPSA) is 55.1 Å². The fraction of sp³-hybridized carbons (Fsp3) is 0.350. The highest BCUT2D eigenvalue weighted by atomic mass is 35.5. The lowest BCUT2D eigenvalue weighted by molar-refractivity contribution is -0.122. The Morgan fingerprint density at radius 3 is 2.00 bits per heavy atom. The van der Waals surface area contributed by atoms with E-state index < -0.39 is 6.04 Å². The summed E-state index contributed by atoms with van der Waals surface area (Å²) in [5.74, 6) is 1.13. The highest BCUT2D eigenvalue weighted by Gasteiger charge is 2.16. The van der Waals surface area contributed by atoms with Crippen molar-refractivity contribution in [2.45, 2.75) is 24.8 Å². The fourth-order valence-electron chi connectivity index (χ4n) is 2.74. The van der Waals surface area contributed by atoms with Crippen LogP contribution in [0, 0.1) is 0 Å². The van der Waals surface area contributed by atoms with Crippen LogP contribution >= 0.6 is 24.2 Å². The van der Waals surface area contributed by atoms with Crippen LogP contribution in [0.3, 0.4) is 0 Å². The molecule has 5 heteroatoms. The van der Waals surface area contributed by atoms with Gasteiger partial charge in [0.15, 0.2) is 0 Å². The number of nitrogens with two attached hydrogens (primary N) is 1. The number of thioether (sulfide) groups is 1. The first-order valence-corrected chi connectivity index (χ1v) is 9.74. The average molecular weight is 379 g/mol. The minimum Gasteiger partial charge on any atom is -0.355 e. The minimum atomic E-state index is -0.413. The van der Waals surface area contributed by atoms with Crippen molar-refractivity contribution in [2.24, 2.45) is 5.73 Å². The van der Waals surface area contributed by atoms with Gasteiger partial charge in [0.25, 0.3) is 0 Å². The van der Waals surface area contributed by atoms with E-state index in [0.717, 1.165) is 12.2 Å². The normalized spacial score (nSPS) is 11.6. The molecule has 0 bridgehead atoms. The van der Waals surface area contributed by atoms with Crippen LogP contribution in [0.5, 0.6) is 0 Å². The molecule has 0 saturated heterocycles. The summed E-state index contributed by atoms with van der Waals surface area (Å²) in [7, 11) is 0. The van der Waals surface area contributed by atoms with Crippen molar-refractivity contribution in [3.05, 3.63) is 71.8 Å². The Balaban J connectivity index is 0.00000312. The van der Waals surface area contributed by atoms with E-state index in [9.17, 15) is 4.79 Å². The van der Waals surface area contributed by atoms with Gasteiger partial charge >= 0.3 is 0 Å². The van der Waals surface area contributed by atoms with E-state index >= 15 is 0 Å². The summed E-state index contributed by atoms with van der Waals surface area (Å²) < 4.78 is 0. The van der Waals surface area contributed by atoms with E-state index in [0.29, 0.717) is 13.0 Å². The summed E-state index contributed by atoms with van der Waals surface area (Å²) in [6.45, 7) is 0.625. The van der Waals surface area contributed by atoms with Crippen LogP contribution in [0.2, 0.25) is 0 Å². The first-order valence-electron chi connectivity index (χ1n) is 8.34. The molecule has 1 atom stereocenters. The van der Waals surface area contributed by atoms with Crippen molar-refractivity contribution in [1.82, 2.24) is 5.32 Å². The Bertz CT molecular complexity index is 570. The summed E-state index contributed by atoms with van der Waals surface area (Å²) in [6, 6.07) is 20.4. The predicted molar refractivity (Wildman–Crippen MR) is 111 cm³/mol. The van der Waals surface area contributed by atoms with Crippen molar-refractivity contribution in [3.8, 4) is 0 Å². The lowest BCUT2D eigenvalue weighted by Crippen LogP contribution is -2.41. The SMILES string of the molecule is CSCC[C@H](N)C(=O)NCCC(c1ccccc1)c1ccccc1.Cl. The van der Waals surface area contributed by atoms with E-state index in [-0.39, 0.29) is 24.2 Å². The molecule has 3 nitrogen and oxygen atoms in total. The summed E-state index contributed by atoms with van der Waals surface area (Å²) in [5.41, 5.74) is 8.45. The number of halogens is 1. The van der Waals surface area contributed by atoms with E-state index in [4.69, 9.17) is 5.73 Å². The van der Waals surface area contributed by atoms with Gasteiger partial charge in [0.2, 0.25) is 5.91 Å². The monoisotopic (exact) mass is 378 g/mol. The van der Waals surface area contributed by atoms with Gasteiger partial charge in [0.1, 0.15) is 0 Å². The Morgan fingerprint density at radius 1 is 1.00 bits per heavy atom. The van der Waals surface area contributed by atoms with Crippen LogP contribution in [0.4, 0.5) is 0 Å². The molecule has 3 N–H and O–H groups in total. The Labute approximate surface area is 161 Å². The molecular formula is C20H27ClN2OS. The number of carbonyl (C=O) groups excluding carboxylic acids is 1. The van der Waals surface area contributed by atoms with Gasteiger partial charge in [-0.25, -0.2) is 0 Å². The number of hydrogen-bond donors (Lipinski definition) is 2. The summed E-state index contributed by atoms with van der Waals surface area (Å²) in [4.78, 5) is 12.1. The molecule has 0 aliphatic heterocycles. The average Bonchev–Trinajstić information content (AvgIpc) is 2.64. The number of benzene rings is 2. The second kappa shape index (κ2) is 12.0. The van der Waals surface area contributed by atoms with E-state index in [1.54, 1.807) is 11.8 Å². The van der Waals surface area contributed by atoms with E-state index in [1.165, 1.54) is 11.1 Å². The zero-order chi connectivity index (χ0) is 17.2. The molecule has 25 heavy (non-hydrogen) atoms. The lowest BCUT2D eigenvalue weighted by atomic mass is 9.88. The fourth-order valence-corrected chi connectivity index (χ4v) is 3.23. The maximum absolute atomic E-state index is 12.1. The molecule has 0 aliphatic carbocycles. The number of rotatable bonds is 9. The largest absolute Gasteiger partial charge is 0.355 e. The Kier molecular flexibility index (Phi) is 10.3. The molecule has 0 saturated carbocycles. The Hall–Kier alpha value is -1.49. The van der Waals surface area contributed by atoms with Gasteiger partial charge < -0.3 is 11.1 Å². The molecule has 136 valence electrons. The molecule has 1 amide bonds. The molecule has 0 unspecified atom stereocenters. The van der Waals surface area contributed by atoms with Gasteiger partial charge in [0.05, 0.1) is 6.04 Å². The van der Waals surface area contributed by atoms with Gasteiger partial charge in [-0.1, -0.05) is 60.7 Å². The third-order valence-electron chi connectivity index (χ3n) is 4.11. The van der Waals surface area contributed by atoms with Crippen LogP contribution in [0.15, 0.2) is 60.7 Å². The summed E-state index contributed by atoms with van der Waals surface area (Å²) in [6.07, 6.45) is 3.59. The Morgan fingerprint density at radius 2 is 1.52 bits per heavy atom. The quantitative estimate of drug-likeness (QED) is 0.697. The molecule has 0 heterocycles. The molecule has 2 aromatic rings. The van der Waals surface area contributed by atoms with Gasteiger partial charge in [-0.2, -0.15) is 11.8 Å². The van der Waals surface area contributed by atoms with Gasteiger partial charge in [0, 0.05) is 12.5 Å². The van der Waals surface area contributed by atoms with Crippen molar-refractivity contribution in [2.75, 3.05) is 18.6 Å². The number of carbonyl (C=O) groups is 1. The first-order chi connectivity index (χ1) is 11.7. The highest BCUT2D eigenvalue weighted by molar-refractivity contribution is 7.98. The van der Waals surface area contributed by atoms with Gasteiger partial charge in [-0.15, -0.1) is 12.4 Å². The van der Waals surface area contributed by atoms with Crippen LogP contribution in [0.1, 0.15) is 29.9 Å². The third-order valence-corrected chi connectivity index (χ3v) is 4.75. The van der Waals surface area contributed by atoms with Gasteiger partial charge in [-0.3, -0.25) is 4.79 Å². The van der Waals surface area contributed by atoms with Crippen molar-refractivity contribution in [3.63, 3.8) is 0 Å². The van der Waals surface area contributed by atoms with Crippen molar-refractivity contribution in [1.29, 1.82) is 0 Å². The molecule has 2 rings (SSSR count). The minimum absolute atomic E-state index is 0. The summed E-state index contributed by atoms with van der Waals surface area (Å²) in [5, 5.41) is 2.99. The smallest absolute Gasteiger partial charge is 0.236 e. The van der Waals surface area contributed by atoms with E-state index in [1.807, 2.05) is 18.4 Å². The number of nitrogens with one attached hydrogen (secondary N) is 1. The van der Waals surface area contributed by atoms with Crippen LogP contribution in [0.25, 0.3) is 0 Å². The summed E-state index contributed by atoms with van der Waals surface area (Å²) >= 11 is 1.71. The zero-order valence-electron chi connectivity index (χ0n) is 14.6. The molecule has 0 fully saturated rings. The van der Waals surface area contributed by atoms with Crippen LogP contribution in [-0.4, -0.2) is 30.5 Å². The second-order valence-corrected chi connectivity index (χ2v) is 6.83. The zero-order valence-corrected chi connectivity index (χ0v) is 16.2. The molecule has 0 spiro atoms. The van der Waals surface area contributed by atoms with Crippen LogP contribution < -0.4 is 11.1 Å². The lowest BCUT2D eigenvalue weighted by Gasteiger charge is -2.19.